The smallest absolute Gasteiger partial charge is 0.336 e. The molecule has 0 aliphatic rings. The molecule has 3 N–H and O–H groups in total. The minimum atomic E-state index is -1.23. The zero-order valence-corrected chi connectivity index (χ0v) is 23.5. The van der Waals surface area contributed by atoms with Gasteiger partial charge in [-0.25, -0.2) is 9.59 Å². The maximum absolute atomic E-state index is 11.1. The second-order valence-corrected chi connectivity index (χ2v) is 8.69. The van der Waals surface area contributed by atoms with E-state index in [1.807, 2.05) is 42.5 Å². The topological polar surface area (TPSA) is 177 Å². The van der Waals surface area contributed by atoms with Gasteiger partial charge in [0.05, 0.1) is 22.7 Å². The Balaban J connectivity index is 0.000000334. The summed E-state index contributed by atoms with van der Waals surface area (Å²) in [6.07, 6.45) is 1.75. The first kappa shape index (κ1) is 33.4. The number of carboxylic acid groups (broad SMARTS) is 3. The van der Waals surface area contributed by atoms with Crippen molar-refractivity contribution in [1.82, 2.24) is 4.98 Å². The van der Waals surface area contributed by atoms with Crippen LogP contribution in [0.5, 0.6) is 11.5 Å². The lowest BCUT2D eigenvalue weighted by Crippen LogP contribution is -2.07. The first-order valence-corrected chi connectivity index (χ1v) is 12.6. The predicted molar refractivity (Wildman–Crippen MR) is 154 cm³/mol. The van der Waals surface area contributed by atoms with Gasteiger partial charge in [-0.15, -0.1) is 0 Å². The number of hydrogen-bond donors (Lipinski definition) is 3. The first-order valence-electron chi connectivity index (χ1n) is 12.6. The Bertz CT molecular complexity index is 1450. The lowest BCUT2D eigenvalue weighted by molar-refractivity contribution is -0.134. The molecule has 3 aromatic carbocycles. The number of aliphatic carboxylic acids is 1. The van der Waals surface area contributed by atoms with Crippen molar-refractivity contribution < 1.29 is 48.8 Å². The molecule has 43 heavy (non-hydrogen) atoms. The highest BCUT2D eigenvalue weighted by Crippen LogP contribution is 2.32. The van der Waals surface area contributed by atoms with Crippen molar-refractivity contribution in [3.63, 3.8) is 0 Å². The highest BCUT2D eigenvalue weighted by atomic mass is 16.5. The van der Waals surface area contributed by atoms with Crippen LogP contribution in [0.15, 0.2) is 97.2 Å². The van der Waals surface area contributed by atoms with Gasteiger partial charge in [0.2, 0.25) is 0 Å². The number of esters is 2. The maximum atomic E-state index is 11.1. The van der Waals surface area contributed by atoms with Crippen LogP contribution in [0.25, 0.3) is 0 Å². The molecule has 222 valence electrons. The molecule has 1 aromatic heterocycles. The highest BCUT2D eigenvalue weighted by Gasteiger charge is 2.18. The Kier molecular flexibility index (Phi) is 12.7. The molecule has 0 bridgehead atoms. The van der Waals surface area contributed by atoms with Gasteiger partial charge in [0.25, 0.3) is 5.97 Å². The van der Waals surface area contributed by atoms with Crippen LogP contribution in [0.4, 0.5) is 0 Å². The fourth-order valence-electron chi connectivity index (χ4n) is 3.73. The number of aromatic nitrogens is 1. The SMILES string of the molecule is CC(=O)O.CC(=O)Oc1ccc(C(c2ccc(OC(C)=O)cc2)c2ccccn2)cc1.O=C(O)c1ccccc1C(=O)O. The zero-order valence-electron chi connectivity index (χ0n) is 23.5. The Morgan fingerprint density at radius 3 is 1.26 bits per heavy atom. The van der Waals surface area contributed by atoms with Crippen LogP contribution < -0.4 is 9.47 Å². The maximum Gasteiger partial charge on any atom is 0.336 e. The molecule has 0 atom stereocenters. The molecule has 4 rings (SSSR count). The summed E-state index contributed by atoms with van der Waals surface area (Å²) >= 11 is 0. The predicted octanol–water partition coefficient (Wildman–Crippen LogP) is 5.29. The first-order chi connectivity index (χ1) is 20.4. The Hall–Kier alpha value is -5.84. The minimum Gasteiger partial charge on any atom is -0.481 e. The molecule has 0 radical (unpaired) electrons. The van der Waals surface area contributed by atoms with Gasteiger partial charge in [0, 0.05) is 27.0 Å². The van der Waals surface area contributed by atoms with Gasteiger partial charge in [0.15, 0.2) is 0 Å². The van der Waals surface area contributed by atoms with E-state index in [1.54, 1.807) is 30.5 Å². The summed E-state index contributed by atoms with van der Waals surface area (Å²) in [5.41, 5.74) is 2.52. The van der Waals surface area contributed by atoms with E-state index in [-0.39, 0.29) is 29.0 Å². The second kappa shape index (κ2) is 16.4. The van der Waals surface area contributed by atoms with Gasteiger partial charge in [-0.1, -0.05) is 42.5 Å². The number of hydrogen-bond acceptors (Lipinski definition) is 8. The Morgan fingerprint density at radius 2 is 0.953 bits per heavy atom. The number of pyridine rings is 1. The summed E-state index contributed by atoms with van der Waals surface area (Å²) in [5.74, 6) is -3.12. The van der Waals surface area contributed by atoms with E-state index in [1.165, 1.54) is 38.1 Å². The van der Waals surface area contributed by atoms with E-state index >= 15 is 0 Å². The summed E-state index contributed by atoms with van der Waals surface area (Å²) < 4.78 is 10.2. The summed E-state index contributed by atoms with van der Waals surface area (Å²) in [6, 6.07) is 26.0. The van der Waals surface area contributed by atoms with Crippen molar-refractivity contribution in [2.45, 2.75) is 26.7 Å². The molecule has 0 amide bonds. The van der Waals surface area contributed by atoms with E-state index in [0.29, 0.717) is 11.5 Å². The number of carbonyl (C=O) groups excluding carboxylic acids is 2. The molecule has 0 aliphatic carbocycles. The number of ether oxygens (including phenoxy) is 2. The standard InChI is InChI=1S/C22H19NO4.C8H6O4.C2H4O2/c1-15(24)26-19-10-6-17(7-11-19)22(21-5-3-4-14-23-21)18-8-12-20(13-9-18)27-16(2)25;9-7(10)5-3-1-2-4-6(5)8(11)12;1-2(3)4/h3-14,22H,1-2H3;1-4H,(H,9,10)(H,11,12);1H3,(H,3,4). The molecule has 0 fully saturated rings. The van der Waals surface area contributed by atoms with Crippen LogP contribution in [-0.4, -0.2) is 50.2 Å². The molecular weight excluding hydrogens is 558 g/mol. The normalized spacial score (nSPS) is 9.77. The zero-order chi connectivity index (χ0) is 31.9. The molecular formula is C32H29NO10. The van der Waals surface area contributed by atoms with Crippen LogP contribution in [0.2, 0.25) is 0 Å². The number of benzene rings is 3. The summed E-state index contributed by atoms with van der Waals surface area (Å²) in [4.78, 5) is 56.7. The lowest BCUT2D eigenvalue weighted by atomic mass is 9.88. The molecule has 1 heterocycles. The highest BCUT2D eigenvalue weighted by molar-refractivity contribution is 6.01. The van der Waals surface area contributed by atoms with Crippen molar-refractivity contribution in [1.29, 1.82) is 0 Å². The Labute approximate surface area is 247 Å². The van der Waals surface area contributed by atoms with Crippen molar-refractivity contribution in [3.8, 4) is 11.5 Å². The molecule has 11 nitrogen and oxygen atoms in total. The molecule has 0 saturated carbocycles. The number of nitrogens with zero attached hydrogens (tertiary/aromatic N) is 1. The fourth-order valence-corrected chi connectivity index (χ4v) is 3.73. The third-order valence-corrected chi connectivity index (χ3v) is 5.32. The van der Waals surface area contributed by atoms with Gasteiger partial charge in [-0.05, 0) is 59.7 Å². The molecule has 11 heteroatoms. The largest absolute Gasteiger partial charge is 0.481 e. The van der Waals surface area contributed by atoms with Crippen molar-refractivity contribution in [2.75, 3.05) is 0 Å². The molecule has 4 aromatic rings. The molecule has 0 saturated heterocycles. The van der Waals surface area contributed by atoms with Crippen LogP contribution >= 0.6 is 0 Å². The molecule has 0 spiro atoms. The second-order valence-electron chi connectivity index (χ2n) is 8.69. The van der Waals surface area contributed by atoms with Gasteiger partial charge < -0.3 is 24.8 Å². The van der Waals surface area contributed by atoms with Crippen LogP contribution in [0.1, 0.15) is 64.2 Å². The van der Waals surface area contributed by atoms with E-state index in [0.717, 1.165) is 23.7 Å². The van der Waals surface area contributed by atoms with Crippen molar-refractivity contribution in [2.24, 2.45) is 0 Å². The van der Waals surface area contributed by atoms with E-state index in [9.17, 15) is 19.2 Å². The van der Waals surface area contributed by atoms with Gasteiger partial charge in [-0.3, -0.25) is 19.4 Å². The average Bonchev–Trinajstić information content (AvgIpc) is 2.95. The number of aromatic carboxylic acids is 2. The number of rotatable bonds is 7. The minimum absolute atomic E-state index is 0.107. The summed E-state index contributed by atoms with van der Waals surface area (Å²) in [7, 11) is 0. The van der Waals surface area contributed by atoms with Crippen LogP contribution in [-0.2, 0) is 14.4 Å². The third-order valence-electron chi connectivity index (χ3n) is 5.32. The summed E-state index contributed by atoms with van der Waals surface area (Å²) in [6.45, 7) is 3.82. The summed E-state index contributed by atoms with van der Waals surface area (Å²) in [5, 5.41) is 24.5. The van der Waals surface area contributed by atoms with Crippen LogP contribution in [0.3, 0.4) is 0 Å². The quantitative estimate of drug-likeness (QED) is 0.189. The molecule has 0 unspecified atom stereocenters. The third kappa shape index (κ3) is 11.3. The van der Waals surface area contributed by atoms with E-state index in [2.05, 4.69) is 4.98 Å². The van der Waals surface area contributed by atoms with Crippen molar-refractivity contribution >= 4 is 29.8 Å². The number of carboxylic acids is 3. The van der Waals surface area contributed by atoms with E-state index in [4.69, 9.17) is 29.6 Å². The van der Waals surface area contributed by atoms with Gasteiger partial charge in [0.1, 0.15) is 11.5 Å². The Morgan fingerprint density at radius 1 is 0.581 bits per heavy atom. The average molecular weight is 588 g/mol. The number of carbonyl (C=O) groups is 5. The lowest BCUT2D eigenvalue weighted by Gasteiger charge is -2.18. The fraction of sp³-hybridized carbons (Fsp3) is 0.125. The van der Waals surface area contributed by atoms with E-state index < -0.39 is 17.9 Å². The van der Waals surface area contributed by atoms with Crippen molar-refractivity contribution in [3.05, 3.63) is 125 Å². The van der Waals surface area contributed by atoms with Crippen LogP contribution in [0, 0.1) is 0 Å². The van der Waals surface area contributed by atoms with Gasteiger partial charge >= 0.3 is 23.9 Å². The molecule has 0 aliphatic heterocycles. The monoisotopic (exact) mass is 587 g/mol. The van der Waals surface area contributed by atoms with Gasteiger partial charge in [-0.2, -0.15) is 0 Å².